The van der Waals surface area contributed by atoms with Gasteiger partial charge in [0, 0.05) is 12.1 Å². The van der Waals surface area contributed by atoms with E-state index in [1.807, 2.05) is 0 Å². The van der Waals surface area contributed by atoms with Crippen LogP contribution in [0.5, 0.6) is 0 Å². The van der Waals surface area contributed by atoms with Gasteiger partial charge in [0.1, 0.15) is 0 Å². The van der Waals surface area contributed by atoms with Crippen molar-refractivity contribution < 1.29 is 9.90 Å². The Bertz CT molecular complexity index is 396. The van der Waals surface area contributed by atoms with Crippen LogP contribution in [-0.2, 0) is 0 Å². The second-order valence-corrected chi connectivity index (χ2v) is 4.42. The highest BCUT2D eigenvalue weighted by Crippen LogP contribution is 2.22. The second kappa shape index (κ2) is 5.53. The van der Waals surface area contributed by atoms with Crippen LogP contribution >= 0.6 is 23.2 Å². The standard InChI is InChI=1S/C11H13Cl2NO2/c1-7(6-15)14(2)11(16)9-4-3-8(12)5-10(9)13/h3-5,7,15H,6H2,1-2H3. The number of rotatable bonds is 3. The minimum absolute atomic E-state index is 0.0898. The summed E-state index contributed by atoms with van der Waals surface area (Å²) in [7, 11) is 1.62. The van der Waals surface area contributed by atoms with E-state index in [4.69, 9.17) is 28.3 Å². The van der Waals surface area contributed by atoms with Crippen LogP contribution in [0.2, 0.25) is 10.0 Å². The van der Waals surface area contributed by atoms with Crippen LogP contribution in [0.4, 0.5) is 0 Å². The average molecular weight is 262 g/mol. The number of likely N-dealkylation sites (N-methyl/N-ethyl adjacent to an activating group) is 1. The minimum atomic E-state index is -0.251. The number of hydrogen-bond acceptors (Lipinski definition) is 2. The molecule has 0 heterocycles. The maximum Gasteiger partial charge on any atom is 0.255 e. The molecule has 3 nitrogen and oxygen atoms in total. The summed E-state index contributed by atoms with van der Waals surface area (Å²) in [5.41, 5.74) is 0.383. The molecule has 1 rings (SSSR count). The lowest BCUT2D eigenvalue weighted by molar-refractivity contribution is 0.0682. The number of nitrogens with zero attached hydrogens (tertiary/aromatic N) is 1. The molecule has 0 saturated heterocycles. The molecule has 1 unspecified atom stereocenters. The first kappa shape index (κ1) is 13.3. The highest BCUT2D eigenvalue weighted by Gasteiger charge is 2.19. The predicted molar refractivity (Wildman–Crippen MR) is 65.1 cm³/mol. The highest BCUT2D eigenvalue weighted by molar-refractivity contribution is 6.36. The topological polar surface area (TPSA) is 40.5 Å². The van der Waals surface area contributed by atoms with E-state index in [-0.39, 0.29) is 18.6 Å². The van der Waals surface area contributed by atoms with Crippen molar-refractivity contribution in [3.8, 4) is 0 Å². The smallest absolute Gasteiger partial charge is 0.255 e. The molecule has 0 saturated carbocycles. The zero-order valence-corrected chi connectivity index (χ0v) is 10.6. The molecule has 1 N–H and O–H groups in total. The third-order valence-corrected chi connectivity index (χ3v) is 2.96. The number of aliphatic hydroxyl groups is 1. The summed E-state index contributed by atoms with van der Waals surface area (Å²) in [6.07, 6.45) is 0. The molecular weight excluding hydrogens is 249 g/mol. The van der Waals surface area contributed by atoms with E-state index in [9.17, 15) is 4.79 Å². The van der Waals surface area contributed by atoms with Crippen LogP contribution in [0.15, 0.2) is 18.2 Å². The van der Waals surface area contributed by atoms with E-state index in [0.717, 1.165) is 0 Å². The summed E-state index contributed by atoms with van der Waals surface area (Å²) < 4.78 is 0. The zero-order chi connectivity index (χ0) is 12.3. The Morgan fingerprint density at radius 1 is 1.50 bits per heavy atom. The molecule has 0 fully saturated rings. The van der Waals surface area contributed by atoms with E-state index < -0.39 is 0 Å². The summed E-state index contributed by atoms with van der Waals surface area (Å²) in [5, 5.41) is 9.77. The molecule has 1 aromatic rings. The Balaban J connectivity index is 2.96. The minimum Gasteiger partial charge on any atom is -0.394 e. The van der Waals surface area contributed by atoms with Crippen molar-refractivity contribution in [2.75, 3.05) is 13.7 Å². The number of benzene rings is 1. The molecule has 1 amide bonds. The number of aliphatic hydroxyl groups excluding tert-OH is 1. The summed E-state index contributed by atoms with van der Waals surface area (Å²) >= 11 is 11.7. The van der Waals surface area contributed by atoms with Crippen LogP contribution in [0, 0.1) is 0 Å². The van der Waals surface area contributed by atoms with E-state index in [0.29, 0.717) is 15.6 Å². The molecule has 0 aliphatic heterocycles. The van der Waals surface area contributed by atoms with Gasteiger partial charge in [0.2, 0.25) is 0 Å². The fourth-order valence-corrected chi connectivity index (χ4v) is 1.66. The van der Waals surface area contributed by atoms with Gasteiger partial charge in [-0.15, -0.1) is 0 Å². The van der Waals surface area contributed by atoms with Crippen molar-refractivity contribution in [3.05, 3.63) is 33.8 Å². The monoisotopic (exact) mass is 261 g/mol. The molecule has 88 valence electrons. The SMILES string of the molecule is CC(CO)N(C)C(=O)c1ccc(Cl)cc1Cl. The van der Waals surface area contributed by atoms with Gasteiger partial charge in [-0.05, 0) is 25.1 Å². The predicted octanol–water partition coefficient (Wildman–Crippen LogP) is 2.45. The normalized spacial score (nSPS) is 12.3. The largest absolute Gasteiger partial charge is 0.394 e. The molecule has 0 radical (unpaired) electrons. The Morgan fingerprint density at radius 3 is 2.62 bits per heavy atom. The van der Waals surface area contributed by atoms with Crippen LogP contribution in [-0.4, -0.2) is 35.6 Å². The van der Waals surface area contributed by atoms with Crippen LogP contribution in [0.25, 0.3) is 0 Å². The first-order valence-corrected chi connectivity index (χ1v) is 5.56. The second-order valence-electron chi connectivity index (χ2n) is 3.57. The summed E-state index contributed by atoms with van der Waals surface area (Å²) in [5.74, 6) is -0.233. The van der Waals surface area contributed by atoms with Crippen molar-refractivity contribution in [1.29, 1.82) is 0 Å². The van der Waals surface area contributed by atoms with Gasteiger partial charge >= 0.3 is 0 Å². The fourth-order valence-electron chi connectivity index (χ4n) is 1.18. The van der Waals surface area contributed by atoms with E-state index in [1.165, 1.54) is 11.0 Å². The Labute approximate surface area is 105 Å². The third kappa shape index (κ3) is 2.88. The van der Waals surface area contributed by atoms with Gasteiger partial charge < -0.3 is 10.0 Å². The third-order valence-electron chi connectivity index (χ3n) is 2.41. The van der Waals surface area contributed by atoms with Gasteiger partial charge in [0.25, 0.3) is 5.91 Å². The first-order valence-electron chi connectivity index (χ1n) is 4.80. The Morgan fingerprint density at radius 2 is 2.12 bits per heavy atom. The highest BCUT2D eigenvalue weighted by atomic mass is 35.5. The maximum absolute atomic E-state index is 12.0. The molecular formula is C11H13Cl2NO2. The van der Waals surface area contributed by atoms with Crippen LogP contribution in [0.3, 0.4) is 0 Å². The van der Waals surface area contributed by atoms with Crippen molar-refractivity contribution in [2.45, 2.75) is 13.0 Å². The Kier molecular flexibility index (Phi) is 4.59. The van der Waals surface area contributed by atoms with E-state index >= 15 is 0 Å². The number of carbonyl (C=O) groups is 1. The number of amides is 1. The summed E-state index contributed by atoms with van der Waals surface area (Å²) in [6.45, 7) is 1.66. The summed E-state index contributed by atoms with van der Waals surface area (Å²) in [4.78, 5) is 13.4. The molecule has 0 spiro atoms. The molecule has 0 aliphatic carbocycles. The Hall–Kier alpha value is -0.770. The van der Waals surface area contributed by atoms with Crippen LogP contribution in [0.1, 0.15) is 17.3 Å². The lowest BCUT2D eigenvalue weighted by Crippen LogP contribution is -2.37. The molecule has 1 atom stereocenters. The number of carbonyl (C=O) groups excluding carboxylic acids is 1. The number of halogens is 2. The van der Waals surface area contributed by atoms with E-state index in [1.54, 1.807) is 26.1 Å². The average Bonchev–Trinajstić information content (AvgIpc) is 2.26. The lowest BCUT2D eigenvalue weighted by atomic mass is 10.2. The van der Waals surface area contributed by atoms with Crippen molar-refractivity contribution in [3.63, 3.8) is 0 Å². The van der Waals surface area contributed by atoms with Gasteiger partial charge in [-0.1, -0.05) is 23.2 Å². The number of hydrogen-bond donors (Lipinski definition) is 1. The summed E-state index contributed by atoms with van der Waals surface area (Å²) in [6, 6.07) is 4.46. The molecule has 5 heteroatoms. The van der Waals surface area contributed by atoms with Gasteiger partial charge in [-0.2, -0.15) is 0 Å². The van der Waals surface area contributed by atoms with Crippen molar-refractivity contribution in [2.24, 2.45) is 0 Å². The molecule has 1 aromatic carbocycles. The van der Waals surface area contributed by atoms with Gasteiger partial charge in [0.15, 0.2) is 0 Å². The van der Waals surface area contributed by atoms with Gasteiger partial charge in [0.05, 0.1) is 23.2 Å². The molecule has 0 aliphatic rings. The maximum atomic E-state index is 12.0. The first-order chi connectivity index (χ1) is 7.47. The lowest BCUT2D eigenvalue weighted by Gasteiger charge is -2.23. The van der Waals surface area contributed by atoms with Crippen LogP contribution < -0.4 is 0 Å². The van der Waals surface area contributed by atoms with Gasteiger partial charge in [-0.25, -0.2) is 0 Å². The molecule has 16 heavy (non-hydrogen) atoms. The van der Waals surface area contributed by atoms with Crippen molar-refractivity contribution >= 4 is 29.1 Å². The van der Waals surface area contributed by atoms with E-state index in [2.05, 4.69) is 0 Å². The fraction of sp³-hybridized carbons (Fsp3) is 0.364. The quantitative estimate of drug-likeness (QED) is 0.908. The van der Waals surface area contributed by atoms with Gasteiger partial charge in [-0.3, -0.25) is 4.79 Å². The van der Waals surface area contributed by atoms with Crippen molar-refractivity contribution in [1.82, 2.24) is 4.90 Å². The molecule has 0 aromatic heterocycles. The zero-order valence-electron chi connectivity index (χ0n) is 9.08. The molecule has 0 bridgehead atoms.